The molecule has 2 aliphatic rings. The Morgan fingerprint density at radius 1 is 0.673 bits per heavy atom. The number of fused-ring (bicyclic) bond motifs is 2. The van der Waals surface area contributed by atoms with Crippen LogP contribution in [-0.4, -0.2) is 0 Å². The third-order valence-electron chi connectivity index (χ3n) is 9.51. The summed E-state index contributed by atoms with van der Waals surface area (Å²) < 4.78 is 0. The summed E-state index contributed by atoms with van der Waals surface area (Å²) in [5, 5.41) is 0. The van der Waals surface area contributed by atoms with E-state index in [0.29, 0.717) is 0 Å². The third kappa shape index (κ3) is 6.28. The zero-order chi connectivity index (χ0) is 33.7. The van der Waals surface area contributed by atoms with E-state index in [9.17, 15) is 0 Å². The van der Waals surface area contributed by atoms with E-state index in [4.69, 9.17) is 0 Å². The molecule has 0 spiro atoms. The van der Waals surface area contributed by atoms with Gasteiger partial charge in [0.05, 0.1) is 0 Å². The summed E-state index contributed by atoms with van der Waals surface area (Å²) in [4.78, 5) is 7.14. The molecule has 0 aromatic heterocycles. The molecule has 3 heteroatoms. The van der Waals surface area contributed by atoms with Crippen LogP contribution < -0.4 is 14.7 Å². The molecule has 0 amide bonds. The maximum atomic E-state index is 3.92. The van der Waals surface area contributed by atoms with E-state index in [1.807, 2.05) is 12.2 Å². The van der Waals surface area contributed by atoms with Gasteiger partial charge in [0.2, 0.25) is 0 Å². The van der Waals surface area contributed by atoms with Crippen LogP contribution in [0, 0.1) is 0 Å². The molecule has 3 nitrogen and oxygen atoms in total. The molecule has 0 saturated carbocycles. The summed E-state index contributed by atoms with van der Waals surface area (Å²) in [5.41, 5.74) is 16.0. The summed E-state index contributed by atoms with van der Waals surface area (Å²) in [7, 11) is 0. The molecule has 2 heterocycles. The zero-order valence-corrected chi connectivity index (χ0v) is 28.7. The molecule has 0 radical (unpaired) electrons. The van der Waals surface area contributed by atoms with Crippen molar-refractivity contribution in [3.8, 4) is 0 Å². The molecule has 0 saturated heterocycles. The van der Waals surface area contributed by atoms with Crippen molar-refractivity contribution in [1.29, 1.82) is 0 Å². The van der Waals surface area contributed by atoms with Crippen molar-refractivity contribution < 1.29 is 0 Å². The van der Waals surface area contributed by atoms with E-state index in [1.165, 1.54) is 50.6 Å². The van der Waals surface area contributed by atoms with Gasteiger partial charge in [-0.15, -0.1) is 0 Å². The fraction of sp³-hybridized carbons (Fsp3) is 0.130. The van der Waals surface area contributed by atoms with Crippen LogP contribution in [0.4, 0.5) is 34.1 Å². The van der Waals surface area contributed by atoms with E-state index in [0.717, 1.165) is 42.1 Å². The van der Waals surface area contributed by atoms with Crippen molar-refractivity contribution in [3.63, 3.8) is 0 Å². The van der Waals surface area contributed by atoms with E-state index in [-0.39, 0.29) is 0 Å². The lowest BCUT2D eigenvalue weighted by atomic mass is 9.93. The molecule has 0 bridgehead atoms. The highest BCUT2D eigenvalue weighted by Gasteiger charge is 2.25. The van der Waals surface area contributed by atoms with Crippen molar-refractivity contribution >= 4 is 39.7 Å². The Bertz CT molecular complexity index is 2080. The minimum absolute atomic E-state index is 0.853. The standard InChI is InChI=1S/C46H43N3/c1-5-7-20-43-35(4)47(33-37-17-12-14-21-44(37)43)38-24-26-40(27-25-38)48(39-18-10-9-11-19-39)41-28-30-42(31-29-41)49-45(22-8-6-2)34(3)32-36-16-13-15-23-46(36)49/h6-31H,2,5,32-33H2,1,3-4H3/b20-7-,22-8-. The lowest BCUT2D eigenvalue weighted by molar-refractivity contribution is 0.894. The Labute approximate surface area is 291 Å². The van der Waals surface area contributed by atoms with Gasteiger partial charge in [-0.05, 0) is 122 Å². The fourth-order valence-electron chi connectivity index (χ4n) is 7.07. The van der Waals surface area contributed by atoms with Gasteiger partial charge in [0.25, 0.3) is 0 Å². The van der Waals surface area contributed by atoms with Gasteiger partial charge >= 0.3 is 0 Å². The van der Waals surface area contributed by atoms with Crippen LogP contribution in [0.1, 0.15) is 43.9 Å². The van der Waals surface area contributed by atoms with Gasteiger partial charge in [-0.25, -0.2) is 0 Å². The SMILES string of the molecule is C=C/C=C\C1=C(C)Cc2ccccc2N1c1ccc(N(c2ccccc2)c2ccc(N3Cc4ccccc4C(/C=C\CC)=C3C)cc2)cc1. The molecule has 2 aliphatic heterocycles. The number of para-hydroxylation sites is 2. The van der Waals surface area contributed by atoms with Gasteiger partial charge in [0, 0.05) is 57.6 Å². The summed E-state index contributed by atoms with van der Waals surface area (Å²) in [6, 6.07) is 46.1. The maximum Gasteiger partial charge on any atom is 0.0496 e. The second kappa shape index (κ2) is 14.1. The average Bonchev–Trinajstić information content (AvgIpc) is 3.14. The van der Waals surface area contributed by atoms with Gasteiger partial charge in [-0.1, -0.05) is 98.5 Å². The van der Waals surface area contributed by atoms with Gasteiger partial charge in [0.15, 0.2) is 0 Å². The van der Waals surface area contributed by atoms with Crippen molar-refractivity contribution in [3.05, 3.63) is 198 Å². The molecule has 0 aliphatic carbocycles. The smallest absolute Gasteiger partial charge is 0.0496 e. The molecule has 0 atom stereocenters. The average molecular weight is 638 g/mol. The number of nitrogens with zero attached hydrogens (tertiary/aromatic N) is 3. The van der Waals surface area contributed by atoms with Crippen LogP contribution in [0.25, 0.3) is 5.57 Å². The number of hydrogen-bond donors (Lipinski definition) is 0. The van der Waals surface area contributed by atoms with Crippen LogP contribution in [0.15, 0.2) is 181 Å². The molecular weight excluding hydrogens is 595 g/mol. The van der Waals surface area contributed by atoms with Gasteiger partial charge in [-0.3, -0.25) is 0 Å². The number of allylic oxidation sites excluding steroid dienone is 8. The topological polar surface area (TPSA) is 9.72 Å². The highest BCUT2D eigenvalue weighted by Crippen LogP contribution is 2.42. The first-order valence-corrected chi connectivity index (χ1v) is 17.2. The highest BCUT2D eigenvalue weighted by atomic mass is 15.2. The second-order valence-electron chi connectivity index (χ2n) is 12.7. The Morgan fingerprint density at radius 3 is 1.98 bits per heavy atom. The number of benzene rings is 5. The predicted molar refractivity (Wildman–Crippen MR) is 210 cm³/mol. The lowest BCUT2D eigenvalue weighted by Gasteiger charge is -2.34. The minimum atomic E-state index is 0.853. The van der Waals surface area contributed by atoms with Crippen LogP contribution in [0.2, 0.25) is 0 Å². The quantitative estimate of drug-likeness (QED) is 0.149. The maximum absolute atomic E-state index is 3.92. The van der Waals surface area contributed by atoms with Crippen LogP contribution in [-0.2, 0) is 13.0 Å². The molecule has 0 N–H and O–H groups in total. The molecule has 242 valence electrons. The normalized spacial score (nSPS) is 14.4. The van der Waals surface area contributed by atoms with Gasteiger partial charge in [0.1, 0.15) is 0 Å². The summed E-state index contributed by atoms with van der Waals surface area (Å²) in [5.74, 6) is 0. The molecule has 5 aromatic carbocycles. The van der Waals surface area contributed by atoms with E-state index in [2.05, 4.69) is 188 Å². The first kappa shape index (κ1) is 31.8. The molecule has 0 unspecified atom stereocenters. The lowest BCUT2D eigenvalue weighted by Crippen LogP contribution is -2.25. The number of rotatable bonds is 9. The predicted octanol–water partition coefficient (Wildman–Crippen LogP) is 12.6. The Hall–Kier alpha value is -5.80. The first-order valence-electron chi connectivity index (χ1n) is 17.2. The van der Waals surface area contributed by atoms with Crippen molar-refractivity contribution in [1.82, 2.24) is 0 Å². The number of anilines is 6. The Kier molecular flexibility index (Phi) is 9.16. The largest absolute Gasteiger partial charge is 0.340 e. The monoisotopic (exact) mass is 637 g/mol. The van der Waals surface area contributed by atoms with Crippen molar-refractivity contribution in [2.24, 2.45) is 0 Å². The van der Waals surface area contributed by atoms with E-state index in [1.54, 1.807) is 0 Å². The fourth-order valence-corrected chi connectivity index (χ4v) is 7.07. The molecule has 49 heavy (non-hydrogen) atoms. The minimum Gasteiger partial charge on any atom is -0.340 e. The summed E-state index contributed by atoms with van der Waals surface area (Å²) in [6.45, 7) is 11.4. The summed E-state index contributed by atoms with van der Waals surface area (Å²) in [6.07, 6.45) is 12.5. The highest BCUT2D eigenvalue weighted by molar-refractivity contribution is 5.85. The zero-order valence-electron chi connectivity index (χ0n) is 28.7. The molecule has 5 aromatic rings. The van der Waals surface area contributed by atoms with Crippen molar-refractivity contribution in [2.45, 2.75) is 40.2 Å². The van der Waals surface area contributed by atoms with E-state index < -0.39 is 0 Å². The molecule has 0 fully saturated rings. The molecular formula is C46H43N3. The van der Waals surface area contributed by atoms with Crippen LogP contribution in [0.5, 0.6) is 0 Å². The second-order valence-corrected chi connectivity index (χ2v) is 12.7. The first-order chi connectivity index (χ1) is 24.1. The van der Waals surface area contributed by atoms with Gasteiger partial charge < -0.3 is 14.7 Å². The summed E-state index contributed by atoms with van der Waals surface area (Å²) >= 11 is 0. The van der Waals surface area contributed by atoms with Gasteiger partial charge in [-0.2, -0.15) is 0 Å². The Morgan fingerprint density at radius 2 is 1.29 bits per heavy atom. The van der Waals surface area contributed by atoms with E-state index >= 15 is 0 Å². The third-order valence-corrected chi connectivity index (χ3v) is 9.51. The van der Waals surface area contributed by atoms with Crippen LogP contribution in [0.3, 0.4) is 0 Å². The van der Waals surface area contributed by atoms with Crippen LogP contribution >= 0.6 is 0 Å². The Balaban J connectivity index is 1.25. The number of hydrogen-bond acceptors (Lipinski definition) is 3. The molecule has 7 rings (SSSR count). The van der Waals surface area contributed by atoms with Crippen molar-refractivity contribution in [2.75, 3.05) is 14.7 Å².